The molecule has 1 saturated heterocycles. The zero-order valence-corrected chi connectivity index (χ0v) is 15.1. The van der Waals surface area contributed by atoms with Crippen molar-refractivity contribution in [2.75, 3.05) is 32.8 Å². The monoisotopic (exact) mass is 369 g/mol. The largest absolute Gasteiger partial charge is 0.460 e. The average Bonchev–Trinajstić information content (AvgIpc) is 2.58. The predicted molar refractivity (Wildman–Crippen MR) is 94.1 cm³/mol. The van der Waals surface area contributed by atoms with Gasteiger partial charge in [0.25, 0.3) is 0 Å². The minimum absolute atomic E-state index is 0.0696. The quantitative estimate of drug-likeness (QED) is 0.520. The molecule has 1 aromatic rings. The van der Waals surface area contributed by atoms with Gasteiger partial charge in [0.05, 0.1) is 6.61 Å². The van der Waals surface area contributed by atoms with Crippen molar-refractivity contribution < 1.29 is 27.8 Å². The fraction of sp³-hybridized carbons (Fsp3) is 0.526. The molecule has 1 heterocycles. The van der Waals surface area contributed by atoms with Gasteiger partial charge in [-0.1, -0.05) is 26.0 Å². The summed E-state index contributed by atoms with van der Waals surface area (Å²) in [6.45, 7) is 4.97. The van der Waals surface area contributed by atoms with Crippen molar-refractivity contribution >= 4 is 12.0 Å². The summed E-state index contributed by atoms with van der Waals surface area (Å²) in [7, 11) is 0. The number of hydrogen-bond donors (Lipinski definition) is 0. The fourth-order valence-corrected chi connectivity index (χ4v) is 2.71. The number of rotatable bonds is 8. The molecule has 1 atom stereocenters. The van der Waals surface area contributed by atoms with Crippen LogP contribution in [0.15, 0.2) is 30.3 Å². The van der Waals surface area contributed by atoms with Crippen molar-refractivity contribution in [3.8, 4) is 5.75 Å². The normalized spacial score (nSPS) is 18.6. The van der Waals surface area contributed by atoms with E-state index >= 15 is 0 Å². The Balaban J connectivity index is 1.75. The summed E-state index contributed by atoms with van der Waals surface area (Å²) in [6.07, 6.45) is 2.74. The summed E-state index contributed by atoms with van der Waals surface area (Å²) in [5.74, 6) is 0.180. The summed E-state index contributed by atoms with van der Waals surface area (Å²) in [5, 5.41) is 0. The van der Waals surface area contributed by atoms with Crippen molar-refractivity contribution in [3.63, 3.8) is 0 Å². The van der Waals surface area contributed by atoms with Crippen molar-refractivity contribution in [1.82, 2.24) is 4.90 Å². The molecule has 0 radical (unpaired) electrons. The Morgan fingerprint density at radius 1 is 1.35 bits per heavy atom. The Hall–Kier alpha value is -1.99. The van der Waals surface area contributed by atoms with Crippen LogP contribution >= 0.6 is 0 Å². The van der Waals surface area contributed by atoms with E-state index in [9.17, 15) is 13.6 Å². The van der Waals surface area contributed by atoms with E-state index in [-0.39, 0.29) is 18.5 Å². The molecule has 2 rings (SSSR count). The molecule has 0 bridgehead atoms. The van der Waals surface area contributed by atoms with Crippen molar-refractivity contribution in [3.05, 3.63) is 35.9 Å². The minimum Gasteiger partial charge on any atom is -0.460 e. The Morgan fingerprint density at radius 2 is 2.08 bits per heavy atom. The van der Waals surface area contributed by atoms with E-state index in [0.717, 1.165) is 19.6 Å². The summed E-state index contributed by atoms with van der Waals surface area (Å²) < 4.78 is 39.3. The smallest absolute Gasteiger partial charge is 0.387 e. The maximum Gasteiger partial charge on any atom is 0.387 e. The average molecular weight is 369 g/mol. The number of esters is 1. The molecule has 0 amide bonds. The minimum atomic E-state index is -2.86. The van der Waals surface area contributed by atoms with Crippen LogP contribution in [0.25, 0.3) is 6.08 Å². The van der Waals surface area contributed by atoms with E-state index in [1.165, 1.54) is 18.2 Å². The van der Waals surface area contributed by atoms with Gasteiger partial charge in [0.2, 0.25) is 0 Å². The molecular weight excluding hydrogens is 344 g/mol. The Morgan fingerprint density at radius 3 is 2.73 bits per heavy atom. The molecule has 1 fully saturated rings. The van der Waals surface area contributed by atoms with Gasteiger partial charge in [-0.3, -0.25) is 4.90 Å². The van der Waals surface area contributed by atoms with Crippen molar-refractivity contribution in [2.24, 2.45) is 5.92 Å². The van der Waals surface area contributed by atoms with Crippen LogP contribution in [0, 0.1) is 5.92 Å². The number of morpholine rings is 1. The Labute approximate surface area is 152 Å². The second kappa shape index (κ2) is 10.2. The van der Waals surface area contributed by atoms with Gasteiger partial charge < -0.3 is 14.2 Å². The van der Waals surface area contributed by atoms with Crippen LogP contribution in [-0.2, 0) is 14.3 Å². The van der Waals surface area contributed by atoms with E-state index in [1.54, 1.807) is 18.2 Å². The highest BCUT2D eigenvalue weighted by atomic mass is 19.3. The van der Waals surface area contributed by atoms with Gasteiger partial charge in [-0.2, -0.15) is 8.78 Å². The summed E-state index contributed by atoms with van der Waals surface area (Å²) in [5.41, 5.74) is 0.681. The van der Waals surface area contributed by atoms with Gasteiger partial charge in [-0.25, -0.2) is 4.79 Å². The molecule has 1 aliphatic heterocycles. The Bertz CT molecular complexity index is 590. The highest BCUT2D eigenvalue weighted by Gasteiger charge is 2.21. The molecule has 0 spiro atoms. The van der Waals surface area contributed by atoms with Crippen LogP contribution < -0.4 is 4.74 Å². The van der Waals surface area contributed by atoms with E-state index in [4.69, 9.17) is 9.47 Å². The third kappa shape index (κ3) is 7.49. The lowest BCUT2D eigenvalue weighted by Crippen LogP contribution is -2.45. The number of nitrogens with zero attached hydrogens (tertiary/aromatic N) is 1. The molecule has 0 aliphatic carbocycles. The molecule has 0 saturated carbocycles. The second-order valence-corrected chi connectivity index (χ2v) is 6.56. The third-order valence-corrected chi connectivity index (χ3v) is 3.77. The molecule has 7 heteroatoms. The topological polar surface area (TPSA) is 48.0 Å². The van der Waals surface area contributed by atoms with E-state index < -0.39 is 12.6 Å². The molecule has 1 aliphatic rings. The van der Waals surface area contributed by atoms with E-state index in [2.05, 4.69) is 23.5 Å². The lowest BCUT2D eigenvalue weighted by Gasteiger charge is -2.33. The van der Waals surface area contributed by atoms with Crippen LogP contribution in [0.4, 0.5) is 8.78 Å². The number of hydrogen-bond acceptors (Lipinski definition) is 5. The van der Waals surface area contributed by atoms with Gasteiger partial charge in [0.1, 0.15) is 18.5 Å². The number of benzene rings is 1. The molecule has 1 aromatic carbocycles. The molecule has 26 heavy (non-hydrogen) atoms. The van der Waals surface area contributed by atoms with E-state index in [0.29, 0.717) is 18.1 Å². The first kappa shape index (κ1) is 20.3. The molecule has 1 unspecified atom stereocenters. The van der Waals surface area contributed by atoms with Crippen LogP contribution in [0.1, 0.15) is 19.4 Å². The maximum absolute atomic E-state index is 12.1. The van der Waals surface area contributed by atoms with Crippen LogP contribution in [0.3, 0.4) is 0 Å². The van der Waals surface area contributed by atoms with Gasteiger partial charge in [0, 0.05) is 25.7 Å². The Kier molecular flexibility index (Phi) is 8.00. The van der Waals surface area contributed by atoms with Crippen LogP contribution in [-0.4, -0.2) is 56.4 Å². The fourth-order valence-electron chi connectivity index (χ4n) is 2.71. The van der Waals surface area contributed by atoms with Gasteiger partial charge in [0.15, 0.2) is 0 Å². The maximum atomic E-state index is 12.1. The second-order valence-electron chi connectivity index (χ2n) is 6.56. The van der Waals surface area contributed by atoms with Gasteiger partial charge in [-0.05, 0) is 29.7 Å². The van der Waals surface area contributed by atoms with Gasteiger partial charge in [-0.15, -0.1) is 0 Å². The predicted octanol–water partition coefficient (Wildman–Crippen LogP) is 3.20. The van der Waals surface area contributed by atoms with Crippen LogP contribution in [0.2, 0.25) is 0 Å². The van der Waals surface area contributed by atoms with Crippen molar-refractivity contribution in [2.45, 2.75) is 26.6 Å². The number of carbonyl (C=O) groups is 1. The molecular formula is C19H25F2NO4. The van der Waals surface area contributed by atoms with Crippen molar-refractivity contribution in [1.29, 1.82) is 0 Å². The van der Waals surface area contributed by atoms with Gasteiger partial charge >= 0.3 is 12.6 Å². The first-order valence-electron chi connectivity index (χ1n) is 8.66. The highest BCUT2D eigenvalue weighted by molar-refractivity contribution is 5.87. The SMILES string of the molecule is CC(C)CN1CCOC(COC(=O)/C=C/c2ccc(OC(F)F)cc2)C1. The standard InChI is InChI=1S/C19H25F2NO4/c1-14(2)11-22-9-10-24-17(12-22)13-25-18(23)8-5-15-3-6-16(7-4-15)26-19(20)21/h3-8,14,17,19H,9-13H2,1-2H3/b8-5+. The van der Waals surface area contributed by atoms with E-state index in [1.807, 2.05) is 0 Å². The lowest BCUT2D eigenvalue weighted by molar-refractivity contribution is -0.144. The summed E-state index contributed by atoms with van der Waals surface area (Å²) in [6, 6.07) is 5.98. The summed E-state index contributed by atoms with van der Waals surface area (Å²) >= 11 is 0. The first-order valence-corrected chi connectivity index (χ1v) is 8.66. The molecule has 144 valence electrons. The van der Waals surface area contributed by atoms with Crippen LogP contribution in [0.5, 0.6) is 5.75 Å². The lowest BCUT2D eigenvalue weighted by atomic mass is 10.2. The number of alkyl halides is 2. The zero-order valence-electron chi connectivity index (χ0n) is 15.1. The number of carbonyl (C=O) groups excluding carboxylic acids is 1. The molecule has 0 N–H and O–H groups in total. The third-order valence-electron chi connectivity index (χ3n) is 3.77. The highest BCUT2D eigenvalue weighted by Crippen LogP contribution is 2.15. The zero-order chi connectivity index (χ0) is 18.9. The number of ether oxygens (including phenoxy) is 3. The molecule has 5 nitrogen and oxygen atoms in total. The summed E-state index contributed by atoms with van der Waals surface area (Å²) in [4.78, 5) is 14.1. The molecule has 0 aromatic heterocycles. The first-order chi connectivity index (χ1) is 12.4. The number of halogens is 2.